The largest absolute Gasteiger partial charge is 0.312 e. The van der Waals surface area contributed by atoms with Crippen molar-refractivity contribution in [2.24, 2.45) is 0 Å². The molecule has 0 bridgehead atoms. The second kappa shape index (κ2) is 6.60. The first-order valence-electron chi connectivity index (χ1n) is 8.07. The molecular weight excluding hydrogens is 324 g/mol. The van der Waals surface area contributed by atoms with E-state index in [2.05, 4.69) is 24.8 Å². The molecule has 4 rings (SSSR count). The number of imidazole rings is 1. The fourth-order valence-electron chi connectivity index (χ4n) is 2.98. The Morgan fingerprint density at radius 2 is 1.72 bits per heavy atom. The molecule has 0 saturated heterocycles. The van der Waals surface area contributed by atoms with Crippen LogP contribution in [0, 0.1) is 11.6 Å². The van der Waals surface area contributed by atoms with Crippen molar-refractivity contribution in [1.29, 1.82) is 0 Å². The molecule has 7 heteroatoms. The van der Waals surface area contributed by atoms with Crippen LogP contribution in [-0.2, 0) is 19.6 Å². The SMILES string of the molecule is Fc1ccc(CN2CCn3c(cnc3Nc3ccc(F)cn3)C2)cc1. The zero-order valence-corrected chi connectivity index (χ0v) is 13.5. The molecule has 0 atom stereocenters. The maximum Gasteiger partial charge on any atom is 0.208 e. The van der Waals surface area contributed by atoms with Crippen LogP contribution in [0.3, 0.4) is 0 Å². The Labute approximate surface area is 143 Å². The van der Waals surface area contributed by atoms with E-state index in [1.807, 2.05) is 18.3 Å². The van der Waals surface area contributed by atoms with Gasteiger partial charge in [0, 0.05) is 26.2 Å². The smallest absolute Gasteiger partial charge is 0.208 e. The van der Waals surface area contributed by atoms with Gasteiger partial charge in [-0.05, 0) is 29.8 Å². The highest BCUT2D eigenvalue weighted by Gasteiger charge is 2.20. The lowest BCUT2D eigenvalue weighted by molar-refractivity contribution is 0.214. The minimum Gasteiger partial charge on any atom is -0.312 e. The normalized spacial score (nSPS) is 14.3. The molecule has 1 aliphatic rings. The van der Waals surface area contributed by atoms with Gasteiger partial charge in [0.25, 0.3) is 0 Å². The third-order valence-corrected chi connectivity index (χ3v) is 4.25. The zero-order chi connectivity index (χ0) is 17.2. The van der Waals surface area contributed by atoms with Gasteiger partial charge in [-0.25, -0.2) is 18.7 Å². The van der Waals surface area contributed by atoms with Crippen molar-refractivity contribution in [1.82, 2.24) is 19.4 Å². The summed E-state index contributed by atoms with van der Waals surface area (Å²) < 4.78 is 28.1. The van der Waals surface area contributed by atoms with Gasteiger partial charge < -0.3 is 9.88 Å². The van der Waals surface area contributed by atoms with Gasteiger partial charge in [-0.15, -0.1) is 0 Å². The highest BCUT2D eigenvalue weighted by atomic mass is 19.1. The first-order chi connectivity index (χ1) is 12.2. The molecule has 128 valence electrons. The third-order valence-electron chi connectivity index (χ3n) is 4.25. The Hall–Kier alpha value is -2.80. The molecule has 1 N–H and O–H groups in total. The van der Waals surface area contributed by atoms with E-state index in [1.54, 1.807) is 6.07 Å². The van der Waals surface area contributed by atoms with Gasteiger partial charge in [-0.3, -0.25) is 4.90 Å². The van der Waals surface area contributed by atoms with Gasteiger partial charge >= 0.3 is 0 Å². The maximum absolute atomic E-state index is 13.0. The number of benzene rings is 1. The van der Waals surface area contributed by atoms with Crippen molar-refractivity contribution in [2.45, 2.75) is 19.6 Å². The number of nitrogens with one attached hydrogen (secondary N) is 1. The average molecular weight is 341 g/mol. The number of nitrogens with zero attached hydrogens (tertiary/aromatic N) is 4. The lowest BCUT2D eigenvalue weighted by Gasteiger charge is -2.28. The van der Waals surface area contributed by atoms with Gasteiger partial charge in [-0.2, -0.15) is 0 Å². The predicted octanol–water partition coefficient (Wildman–Crippen LogP) is 3.32. The second-order valence-electron chi connectivity index (χ2n) is 6.05. The summed E-state index contributed by atoms with van der Waals surface area (Å²) in [5, 5.41) is 3.12. The predicted molar refractivity (Wildman–Crippen MR) is 90.2 cm³/mol. The van der Waals surface area contributed by atoms with Crippen LogP contribution in [0.5, 0.6) is 0 Å². The summed E-state index contributed by atoms with van der Waals surface area (Å²) in [4.78, 5) is 10.7. The van der Waals surface area contributed by atoms with E-state index in [4.69, 9.17) is 0 Å². The lowest BCUT2D eigenvalue weighted by atomic mass is 10.2. The fourth-order valence-corrected chi connectivity index (χ4v) is 2.98. The summed E-state index contributed by atoms with van der Waals surface area (Å²) in [6, 6.07) is 9.55. The van der Waals surface area contributed by atoms with Crippen LogP contribution in [0.4, 0.5) is 20.5 Å². The quantitative estimate of drug-likeness (QED) is 0.791. The molecule has 5 nitrogen and oxygen atoms in total. The van der Waals surface area contributed by atoms with E-state index >= 15 is 0 Å². The number of halogens is 2. The second-order valence-corrected chi connectivity index (χ2v) is 6.05. The van der Waals surface area contributed by atoms with E-state index < -0.39 is 0 Å². The topological polar surface area (TPSA) is 46.0 Å². The summed E-state index contributed by atoms with van der Waals surface area (Å²) >= 11 is 0. The van der Waals surface area contributed by atoms with E-state index in [0.717, 1.165) is 37.4 Å². The Kier molecular flexibility index (Phi) is 4.15. The van der Waals surface area contributed by atoms with Crippen molar-refractivity contribution in [2.75, 3.05) is 11.9 Å². The standard InChI is InChI=1S/C18H17F2N5/c19-14-3-1-13(2-4-14)11-24-7-8-25-16(12-24)10-22-18(25)23-17-6-5-15(20)9-21-17/h1-6,9-10H,7-8,11-12H2,(H,21,22,23). The molecule has 0 aliphatic carbocycles. The van der Waals surface area contributed by atoms with E-state index in [9.17, 15) is 8.78 Å². The molecular formula is C18H17F2N5. The first kappa shape index (κ1) is 15.7. The molecule has 25 heavy (non-hydrogen) atoms. The molecule has 1 aliphatic heterocycles. The van der Waals surface area contributed by atoms with Crippen molar-refractivity contribution >= 4 is 11.8 Å². The monoisotopic (exact) mass is 341 g/mol. The van der Waals surface area contributed by atoms with E-state index in [1.165, 1.54) is 24.4 Å². The molecule has 0 saturated carbocycles. The summed E-state index contributed by atoms with van der Waals surface area (Å²) in [5.74, 6) is 0.678. The van der Waals surface area contributed by atoms with Gasteiger partial charge in [0.2, 0.25) is 5.95 Å². The number of pyridine rings is 1. The number of anilines is 2. The Morgan fingerprint density at radius 3 is 2.48 bits per heavy atom. The van der Waals surface area contributed by atoms with Crippen molar-refractivity contribution in [3.63, 3.8) is 0 Å². The Morgan fingerprint density at radius 1 is 0.920 bits per heavy atom. The van der Waals surface area contributed by atoms with Crippen molar-refractivity contribution < 1.29 is 8.78 Å². The number of fused-ring (bicyclic) bond motifs is 1. The average Bonchev–Trinajstić information content (AvgIpc) is 3.01. The van der Waals surface area contributed by atoms with Crippen LogP contribution in [0.1, 0.15) is 11.3 Å². The third kappa shape index (κ3) is 3.51. The highest BCUT2D eigenvalue weighted by Crippen LogP contribution is 2.21. The maximum atomic E-state index is 13.0. The molecule has 0 unspecified atom stereocenters. The zero-order valence-electron chi connectivity index (χ0n) is 13.5. The number of hydrogen-bond donors (Lipinski definition) is 1. The van der Waals surface area contributed by atoms with Gasteiger partial charge in [0.05, 0.1) is 18.1 Å². The summed E-state index contributed by atoms with van der Waals surface area (Å²) in [5.41, 5.74) is 2.18. The molecule has 1 aromatic carbocycles. The molecule has 0 fully saturated rings. The molecule has 2 aromatic heterocycles. The number of aromatic nitrogens is 3. The van der Waals surface area contributed by atoms with Crippen LogP contribution < -0.4 is 5.32 Å². The molecule has 3 heterocycles. The number of rotatable bonds is 4. The van der Waals surface area contributed by atoms with Gasteiger partial charge in [0.15, 0.2) is 0 Å². The minimum atomic E-state index is -0.368. The highest BCUT2D eigenvalue weighted by molar-refractivity contribution is 5.48. The van der Waals surface area contributed by atoms with E-state index in [-0.39, 0.29) is 11.6 Å². The van der Waals surface area contributed by atoms with E-state index in [0.29, 0.717) is 11.8 Å². The fraction of sp³-hybridized carbons (Fsp3) is 0.222. The van der Waals surface area contributed by atoms with Crippen LogP contribution in [0.15, 0.2) is 48.8 Å². The molecule has 0 spiro atoms. The van der Waals surface area contributed by atoms with Crippen LogP contribution >= 0.6 is 0 Å². The number of hydrogen-bond acceptors (Lipinski definition) is 4. The Balaban J connectivity index is 1.45. The van der Waals surface area contributed by atoms with Crippen LogP contribution in [0.25, 0.3) is 0 Å². The first-order valence-corrected chi connectivity index (χ1v) is 8.07. The molecule has 3 aromatic rings. The summed E-state index contributed by atoms with van der Waals surface area (Å²) in [6.45, 7) is 3.20. The summed E-state index contributed by atoms with van der Waals surface area (Å²) in [7, 11) is 0. The lowest BCUT2D eigenvalue weighted by Crippen LogP contribution is -2.33. The van der Waals surface area contributed by atoms with Crippen molar-refractivity contribution in [3.05, 3.63) is 71.7 Å². The summed E-state index contributed by atoms with van der Waals surface area (Å²) in [6.07, 6.45) is 3.01. The van der Waals surface area contributed by atoms with Crippen molar-refractivity contribution in [3.8, 4) is 0 Å². The van der Waals surface area contributed by atoms with Gasteiger partial charge in [-0.1, -0.05) is 12.1 Å². The minimum absolute atomic E-state index is 0.217. The molecule has 0 radical (unpaired) electrons. The molecule has 0 amide bonds. The van der Waals surface area contributed by atoms with Crippen LogP contribution in [-0.4, -0.2) is 26.0 Å². The Bertz CT molecular complexity index is 858. The van der Waals surface area contributed by atoms with Crippen LogP contribution in [0.2, 0.25) is 0 Å². The van der Waals surface area contributed by atoms with Gasteiger partial charge in [0.1, 0.15) is 17.5 Å².